The zero-order valence-corrected chi connectivity index (χ0v) is 16.0. The lowest BCUT2D eigenvalue weighted by atomic mass is 9.96. The topological polar surface area (TPSA) is 74.8 Å². The molecular formula is C18H26N2O4S. The molecule has 0 spiro atoms. The van der Waals surface area contributed by atoms with Crippen molar-refractivity contribution < 1.29 is 18.0 Å². The smallest absolute Gasteiger partial charge is 0.255 e. The number of hydrogen-bond acceptors (Lipinski definition) is 4. The summed E-state index contributed by atoms with van der Waals surface area (Å²) in [5.74, 6) is -0.557. The fraction of sp³-hybridized carbons (Fsp3) is 0.556. The third kappa shape index (κ3) is 4.03. The van der Waals surface area contributed by atoms with Crippen LogP contribution in [0.15, 0.2) is 29.2 Å². The molecule has 2 rings (SSSR count). The lowest BCUT2D eigenvalue weighted by Crippen LogP contribution is -2.45. The van der Waals surface area contributed by atoms with Gasteiger partial charge in [-0.25, -0.2) is 8.42 Å². The average molecular weight is 366 g/mol. The molecular weight excluding hydrogens is 340 g/mol. The highest BCUT2D eigenvalue weighted by molar-refractivity contribution is 7.92. The van der Waals surface area contributed by atoms with Crippen LogP contribution in [0.1, 0.15) is 37.0 Å². The minimum Gasteiger partial charge on any atom is -0.349 e. The molecule has 1 aliphatic rings. The number of piperidine rings is 1. The standard InChI is InChI=1S/C18H26N2O4S/c1-13(2)25(23,24)16-10-6-5-9-15(16)18(22)20-11-7-8-14(12-20)17(21)19(3)4/h5-6,9-10,13-14H,7-8,11-12H2,1-4H3. The van der Waals surface area contributed by atoms with E-state index < -0.39 is 15.1 Å². The number of amides is 2. The Morgan fingerprint density at radius 2 is 1.84 bits per heavy atom. The molecule has 1 heterocycles. The summed E-state index contributed by atoms with van der Waals surface area (Å²) in [6.45, 7) is 4.06. The van der Waals surface area contributed by atoms with Crippen LogP contribution in [-0.4, -0.2) is 62.5 Å². The molecule has 1 aromatic rings. The molecule has 1 atom stereocenters. The Morgan fingerprint density at radius 1 is 1.20 bits per heavy atom. The molecule has 25 heavy (non-hydrogen) atoms. The van der Waals surface area contributed by atoms with Crippen molar-refractivity contribution in [1.82, 2.24) is 9.80 Å². The quantitative estimate of drug-likeness (QED) is 0.814. The van der Waals surface area contributed by atoms with Gasteiger partial charge in [-0.15, -0.1) is 0 Å². The summed E-state index contributed by atoms with van der Waals surface area (Å²) in [7, 11) is -0.153. The second-order valence-electron chi connectivity index (χ2n) is 6.91. The molecule has 1 unspecified atom stereocenters. The molecule has 1 aliphatic heterocycles. The van der Waals surface area contributed by atoms with Gasteiger partial charge in [0, 0.05) is 27.2 Å². The summed E-state index contributed by atoms with van der Waals surface area (Å²) >= 11 is 0. The van der Waals surface area contributed by atoms with Crippen LogP contribution in [0.2, 0.25) is 0 Å². The van der Waals surface area contributed by atoms with Crippen LogP contribution in [0.3, 0.4) is 0 Å². The van der Waals surface area contributed by atoms with E-state index in [2.05, 4.69) is 0 Å². The Kier molecular flexibility index (Phi) is 5.87. The maximum absolute atomic E-state index is 13.0. The molecule has 0 N–H and O–H groups in total. The van der Waals surface area contributed by atoms with Crippen LogP contribution in [0.5, 0.6) is 0 Å². The number of rotatable bonds is 4. The summed E-state index contributed by atoms with van der Waals surface area (Å²) in [6.07, 6.45) is 1.47. The van der Waals surface area contributed by atoms with Crippen molar-refractivity contribution in [3.05, 3.63) is 29.8 Å². The highest BCUT2D eigenvalue weighted by atomic mass is 32.2. The van der Waals surface area contributed by atoms with Crippen molar-refractivity contribution in [3.8, 4) is 0 Å². The molecule has 7 heteroatoms. The predicted octanol–water partition coefficient (Wildman–Crippen LogP) is 1.81. The van der Waals surface area contributed by atoms with Crippen LogP contribution in [-0.2, 0) is 14.6 Å². The van der Waals surface area contributed by atoms with Gasteiger partial charge in [-0.05, 0) is 38.8 Å². The Bertz CT molecular complexity index is 756. The van der Waals surface area contributed by atoms with Gasteiger partial charge < -0.3 is 9.80 Å². The first kappa shape index (κ1) is 19.4. The number of sulfone groups is 1. The third-order valence-corrected chi connectivity index (χ3v) is 6.75. The molecule has 1 fully saturated rings. The van der Waals surface area contributed by atoms with Crippen molar-refractivity contribution in [2.75, 3.05) is 27.2 Å². The summed E-state index contributed by atoms with van der Waals surface area (Å²) in [6, 6.07) is 6.32. The van der Waals surface area contributed by atoms with Gasteiger partial charge in [0.2, 0.25) is 5.91 Å². The molecule has 6 nitrogen and oxygen atoms in total. The SMILES string of the molecule is CC(C)S(=O)(=O)c1ccccc1C(=O)N1CCCC(C(=O)N(C)C)C1. The van der Waals surface area contributed by atoms with Crippen molar-refractivity contribution in [2.24, 2.45) is 5.92 Å². The number of carbonyl (C=O) groups is 2. The zero-order valence-electron chi connectivity index (χ0n) is 15.2. The Balaban J connectivity index is 2.31. The predicted molar refractivity (Wildman–Crippen MR) is 96.1 cm³/mol. The van der Waals surface area contributed by atoms with Gasteiger partial charge in [0.05, 0.1) is 21.6 Å². The van der Waals surface area contributed by atoms with Crippen molar-refractivity contribution >= 4 is 21.7 Å². The van der Waals surface area contributed by atoms with E-state index in [1.165, 1.54) is 11.0 Å². The van der Waals surface area contributed by atoms with Gasteiger partial charge >= 0.3 is 0 Å². The number of carbonyl (C=O) groups excluding carboxylic acids is 2. The van der Waals surface area contributed by atoms with Gasteiger partial charge in [-0.2, -0.15) is 0 Å². The lowest BCUT2D eigenvalue weighted by molar-refractivity contribution is -0.134. The first-order valence-corrected chi connectivity index (χ1v) is 10.0. The Morgan fingerprint density at radius 3 is 2.44 bits per heavy atom. The number of nitrogens with zero attached hydrogens (tertiary/aromatic N) is 2. The van der Waals surface area contributed by atoms with E-state index >= 15 is 0 Å². The van der Waals surface area contributed by atoms with E-state index in [0.717, 1.165) is 12.8 Å². The van der Waals surface area contributed by atoms with Gasteiger partial charge in [0.15, 0.2) is 9.84 Å². The maximum Gasteiger partial charge on any atom is 0.255 e. The van der Waals surface area contributed by atoms with E-state index in [4.69, 9.17) is 0 Å². The highest BCUT2D eigenvalue weighted by Crippen LogP contribution is 2.25. The minimum absolute atomic E-state index is 0.000544. The first-order chi connectivity index (χ1) is 11.7. The zero-order chi connectivity index (χ0) is 18.8. The largest absolute Gasteiger partial charge is 0.349 e. The second-order valence-corrected chi connectivity index (χ2v) is 9.39. The second kappa shape index (κ2) is 7.56. The lowest BCUT2D eigenvalue weighted by Gasteiger charge is -2.33. The molecule has 0 radical (unpaired) electrons. The summed E-state index contributed by atoms with van der Waals surface area (Å²) in [5.41, 5.74) is 0.189. The highest BCUT2D eigenvalue weighted by Gasteiger charge is 2.32. The van der Waals surface area contributed by atoms with Gasteiger partial charge in [0.25, 0.3) is 5.91 Å². The average Bonchev–Trinajstić information content (AvgIpc) is 2.60. The summed E-state index contributed by atoms with van der Waals surface area (Å²) in [5, 5.41) is -0.606. The van der Waals surface area contributed by atoms with E-state index in [-0.39, 0.29) is 28.2 Å². The van der Waals surface area contributed by atoms with Crippen LogP contribution < -0.4 is 0 Å². The molecule has 0 saturated carbocycles. The molecule has 0 aromatic heterocycles. The molecule has 2 amide bonds. The van der Waals surface area contributed by atoms with E-state index in [1.807, 2.05) is 0 Å². The monoisotopic (exact) mass is 366 g/mol. The molecule has 1 aromatic carbocycles. The number of hydrogen-bond donors (Lipinski definition) is 0. The minimum atomic E-state index is -3.56. The Hall–Kier alpha value is -1.89. The normalized spacial score (nSPS) is 18.3. The van der Waals surface area contributed by atoms with Crippen LogP contribution in [0.25, 0.3) is 0 Å². The fourth-order valence-corrected chi connectivity index (χ4v) is 4.28. The van der Waals surface area contributed by atoms with Crippen molar-refractivity contribution in [2.45, 2.75) is 36.8 Å². The number of benzene rings is 1. The van der Waals surface area contributed by atoms with E-state index in [1.54, 1.807) is 51.0 Å². The summed E-state index contributed by atoms with van der Waals surface area (Å²) < 4.78 is 25.1. The van der Waals surface area contributed by atoms with Crippen LogP contribution in [0, 0.1) is 5.92 Å². The third-order valence-electron chi connectivity index (χ3n) is 4.54. The Labute approximate surface area is 149 Å². The molecule has 138 valence electrons. The fourth-order valence-electron chi connectivity index (χ4n) is 3.04. The van der Waals surface area contributed by atoms with E-state index in [0.29, 0.717) is 13.1 Å². The van der Waals surface area contributed by atoms with Crippen molar-refractivity contribution in [3.63, 3.8) is 0 Å². The van der Waals surface area contributed by atoms with Crippen molar-refractivity contribution in [1.29, 1.82) is 0 Å². The molecule has 0 bridgehead atoms. The van der Waals surface area contributed by atoms with Gasteiger partial charge in [-0.3, -0.25) is 9.59 Å². The molecule has 1 saturated heterocycles. The summed E-state index contributed by atoms with van der Waals surface area (Å²) in [4.78, 5) is 28.4. The van der Waals surface area contributed by atoms with Crippen LogP contribution in [0.4, 0.5) is 0 Å². The first-order valence-electron chi connectivity index (χ1n) is 8.49. The molecule has 0 aliphatic carbocycles. The maximum atomic E-state index is 13.0. The van der Waals surface area contributed by atoms with Gasteiger partial charge in [0.1, 0.15) is 0 Å². The van der Waals surface area contributed by atoms with E-state index in [9.17, 15) is 18.0 Å². The van der Waals surface area contributed by atoms with Gasteiger partial charge in [-0.1, -0.05) is 12.1 Å². The van der Waals surface area contributed by atoms with Crippen LogP contribution >= 0.6 is 0 Å². The number of likely N-dealkylation sites (tertiary alicyclic amines) is 1.